The van der Waals surface area contributed by atoms with E-state index in [-0.39, 0.29) is 5.91 Å². The number of aliphatic hydroxyl groups is 1. The van der Waals surface area contributed by atoms with Crippen molar-refractivity contribution in [2.45, 2.75) is 13.0 Å². The van der Waals surface area contributed by atoms with E-state index in [4.69, 9.17) is 16.3 Å². The molecule has 0 spiro atoms. The highest BCUT2D eigenvalue weighted by Crippen LogP contribution is 2.26. The third-order valence-corrected chi connectivity index (χ3v) is 6.30. The van der Waals surface area contributed by atoms with E-state index in [2.05, 4.69) is 15.6 Å². The predicted molar refractivity (Wildman–Crippen MR) is 140 cm³/mol. The Morgan fingerprint density at radius 2 is 1.81 bits per heavy atom. The van der Waals surface area contributed by atoms with Gasteiger partial charge in [-0.1, -0.05) is 35.9 Å². The van der Waals surface area contributed by atoms with Gasteiger partial charge in [0.25, 0.3) is 5.91 Å². The quantitative estimate of drug-likeness (QED) is 0.462. The van der Waals surface area contributed by atoms with Gasteiger partial charge in [-0.05, 0) is 42.8 Å². The van der Waals surface area contributed by atoms with Crippen LogP contribution in [0.15, 0.2) is 60.8 Å². The lowest BCUT2D eigenvalue weighted by Gasteiger charge is -2.36. The van der Waals surface area contributed by atoms with Crippen molar-refractivity contribution in [3.8, 4) is 5.75 Å². The fourth-order valence-corrected chi connectivity index (χ4v) is 4.25. The number of aliphatic hydroxyl groups excluding tert-OH is 1. The average Bonchev–Trinajstić information content (AvgIpc) is 2.89. The molecule has 1 aliphatic heterocycles. The van der Waals surface area contributed by atoms with Crippen molar-refractivity contribution in [2.75, 3.05) is 48.8 Å². The van der Waals surface area contributed by atoms with Gasteiger partial charge < -0.3 is 30.3 Å². The molecule has 188 valence electrons. The SMILES string of the molecule is COc1ccc(C)cc1NC(=O)Nc1ccc(N2CCN(C(=O)C(O)c3ccccc3Cl)CC2)nc1. The number of amides is 3. The highest BCUT2D eigenvalue weighted by atomic mass is 35.5. The topological polar surface area (TPSA) is 107 Å². The Morgan fingerprint density at radius 3 is 2.47 bits per heavy atom. The van der Waals surface area contributed by atoms with Gasteiger partial charge in [-0.15, -0.1) is 0 Å². The first-order valence-electron chi connectivity index (χ1n) is 11.5. The van der Waals surface area contributed by atoms with Gasteiger partial charge in [0.2, 0.25) is 0 Å². The lowest BCUT2D eigenvalue weighted by Crippen LogP contribution is -2.50. The minimum absolute atomic E-state index is 0.363. The molecule has 0 aliphatic carbocycles. The highest BCUT2D eigenvalue weighted by Gasteiger charge is 2.28. The molecular weight excluding hydrogens is 482 g/mol. The lowest BCUT2D eigenvalue weighted by atomic mass is 10.1. The number of urea groups is 1. The maximum atomic E-state index is 12.8. The van der Waals surface area contributed by atoms with E-state index in [0.29, 0.717) is 53.9 Å². The number of nitrogens with zero attached hydrogens (tertiary/aromatic N) is 3. The van der Waals surface area contributed by atoms with Gasteiger partial charge in [0.05, 0.1) is 24.7 Å². The van der Waals surface area contributed by atoms with Crippen molar-refractivity contribution >= 4 is 40.7 Å². The first-order valence-corrected chi connectivity index (χ1v) is 11.9. The van der Waals surface area contributed by atoms with Crippen LogP contribution in [-0.4, -0.2) is 60.2 Å². The number of nitrogens with one attached hydrogen (secondary N) is 2. The summed E-state index contributed by atoms with van der Waals surface area (Å²) in [4.78, 5) is 33.3. The van der Waals surface area contributed by atoms with Crippen LogP contribution in [0.4, 0.5) is 22.0 Å². The van der Waals surface area contributed by atoms with Gasteiger partial charge in [0, 0.05) is 36.8 Å². The number of pyridine rings is 1. The molecule has 1 aliphatic rings. The molecule has 3 N–H and O–H groups in total. The molecule has 0 radical (unpaired) electrons. The molecule has 2 aromatic carbocycles. The maximum Gasteiger partial charge on any atom is 0.323 e. The zero-order valence-electron chi connectivity index (χ0n) is 20.1. The number of methoxy groups -OCH3 is 1. The summed E-state index contributed by atoms with van der Waals surface area (Å²) < 4.78 is 5.29. The van der Waals surface area contributed by atoms with E-state index in [9.17, 15) is 14.7 Å². The summed E-state index contributed by atoms with van der Waals surface area (Å²) in [5.74, 6) is 0.938. The molecule has 0 saturated carbocycles. The number of hydrogen-bond donors (Lipinski definition) is 3. The van der Waals surface area contributed by atoms with E-state index in [1.807, 2.05) is 30.0 Å². The fraction of sp³-hybridized carbons (Fsp3) is 0.269. The molecule has 10 heteroatoms. The van der Waals surface area contributed by atoms with Crippen molar-refractivity contribution < 1.29 is 19.4 Å². The second-order valence-electron chi connectivity index (χ2n) is 8.42. The van der Waals surface area contributed by atoms with Gasteiger partial charge >= 0.3 is 6.03 Å². The number of rotatable bonds is 6. The highest BCUT2D eigenvalue weighted by molar-refractivity contribution is 6.31. The van der Waals surface area contributed by atoms with Crippen LogP contribution in [0.3, 0.4) is 0 Å². The van der Waals surface area contributed by atoms with Crippen molar-refractivity contribution in [3.05, 3.63) is 76.9 Å². The molecule has 9 nitrogen and oxygen atoms in total. The van der Waals surface area contributed by atoms with Crippen molar-refractivity contribution in [3.63, 3.8) is 0 Å². The Morgan fingerprint density at radius 1 is 1.06 bits per heavy atom. The monoisotopic (exact) mass is 509 g/mol. The summed E-state index contributed by atoms with van der Waals surface area (Å²) in [6.45, 7) is 3.95. The number of aromatic nitrogens is 1. The molecule has 3 aromatic rings. The van der Waals surface area contributed by atoms with Gasteiger partial charge in [0.15, 0.2) is 6.10 Å². The van der Waals surface area contributed by atoms with Crippen LogP contribution in [0, 0.1) is 6.92 Å². The summed E-state index contributed by atoms with van der Waals surface area (Å²) in [5, 5.41) is 16.4. The second kappa shape index (κ2) is 11.3. The van der Waals surface area contributed by atoms with Gasteiger partial charge in [0.1, 0.15) is 11.6 Å². The Bertz CT molecular complexity index is 1230. The van der Waals surface area contributed by atoms with Crippen LogP contribution < -0.4 is 20.3 Å². The van der Waals surface area contributed by atoms with Gasteiger partial charge in [-0.25, -0.2) is 9.78 Å². The number of anilines is 3. The minimum atomic E-state index is -1.29. The van der Waals surface area contributed by atoms with Crippen LogP contribution in [-0.2, 0) is 4.79 Å². The fourth-order valence-electron chi connectivity index (χ4n) is 4.01. The van der Waals surface area contributed by atoms with E-state index >= 15 is 0 Å². The third kappa shape index (κ3) is 5.87. The molecule has 0 bridgehead atoms. The van der Waals surface area contributed by atoms with Crippen molar-refractivity contribution in [1.29, 1.82) is 0 Å². The van der Waals surface area contributed by atoms with Crippen LogP contribution in [0.2, 0.25) is 5.02 Å². The lowest BCUT2D eigenvalue weighted by molar-refractivity contribution is -0.140. The maximum absolute atomic E-state index is 12.8. The normalized spacial score (nSPS) is 14.2. The van der Waals surface area contributed by atoms with Gasteiger partial charge in [-0.2, -0.15) is 0 Å². The molecule has 4 rings (SSSR count). The number of carbonyl (C=O) groups excluding carboxylic acids is 2. The Balaban J connectivity index is 1.31. The molecule has 1 saturated heterocycles. The number of carbonyl (C=O) groups is 2. The molecule has 3 amide bonds. The van der Waals surface area contributed by atoms with Crippen LogP contribution in [0.1, 0.15) is 17.2 Å². The van der Waals surface area contributed by atoms with Crippen LogP contribution in [0.5, 0.6) is 5.75 Å². The molecule has 1 fully saturated rings. The van der Waals surface area contributed by atoms with Gasteiger partial charge in [-0.3, -0.25) is 4.79 Å². The largest absolute Gasteiger partial charge is 0.495 e. The first kappa shape index (κ1) is 25.3. The number of ether oxygens (including phenoxy) is 1. The zero-order chi connectivity index (χ0) is 25.7. The number of benzene rings is 2. The number of aryl methyl sites for hydroxylation is 1. The number of piperazine rings is 1. The predicted octanol–water partition coefficient (Wildman–Crippen LogP) is 4.08. The molecule has 1 atom stereocenters. The summed E-state index contributed by atoms with van der Waals surface area (Å²) in [6, 6.07) is 15.5. The Kier molecular flexibility index (Phi) is 7.92. The Hall–Kier alpha value is -3.82. The van der Waals surface area contributed by atoms with Crippen molar-refractivity contribution in [2.24, 2.45) is 0 Å². The zero-order valence-corrected chi connectivity index (χ0v) is 20.8. The summed E-state index contributed by atoms with van der Waals surface area (Å²) in [7, 11) is 1.55. The summed E-state index contributed by atoms with van der Waals surface area (Å²) in [6.07, 6.45) is 0.292. The van der Waals surface area contributed by atoms with E-state index < -0.39 is 12.1 Å². The molecule has 36 heavy (non-hydrogen) atoms. The second-order valence-corrected chi connectivity index (χ2v) is 8.83. The number of halogens is 1. The standard InChI is InChI=1S/C26H28ClN5O4/c1-17-7-9-22(36-2)21(15-17)30-26(35)29-18-8-10-23(28-16-18)31-11-13-32(14-12-31)25(34)24(33)19-5-3-4-6-20(19)27/h3-10,15-16,24,33H,11-14H2,1-2H3,(H2,29,30,35). The number of hydrogen-bond acceptors (Lipinski definition) is 6. The first-order chi connectivity index (χ1) is 17.4. The smallest absolute Gasteiger partial charge is 0.323 e. The Labute approximate surface area is 214 Å². The molecule has 1 unspecified atom stereocenters. The minimum Gasteiger partial charge on any atom is -0.495 e. The molecular formula is C26H28ClN5O4. The molecule has 1 aromatic heterocycles. The van der Waals surface area contributed by atoms with E-state index in [1.165, 1.54) is 0 Å². The average molecular weight is 510 g/mol. The summed E-state index contributed by atoms with van der Waals surface area (Å²) in [5.41, 5.74) is 2.52. The third-order valence-electron chi connectivity index (χ3n) is 5.96. The van der Waals surface area contributed by atoms with Crippen LogP contribution >= 0.6 is 11.6 Å². The van der Waals surface area contributed by atoms with Crippen LogP contribution in [0.25, 0.3) is 0 Å². The summed E-state index contributed by atoms with van der Waals surface area (Å²) >= 11 is 6.13. The van der Waals surface area contributed by atoms with E-state index in [0.717, 1.165) is 11.4 Å². The van der Waals surface area contributed by atoms with Crippen molar-refractivity contribution in [1.82, 2.24) is 9.88 Å². The molecule has 2 heterocycles. The van der Waals surface area contributed by atoms with E-state index in [1.54, 1.807) is 54.6 Å².